The van der Waals surface area contributed by atoms with Crippen LogP contribution in [0.4, 0.5) is 5.82 Å². The van der Waals surface area contributed by atoms with Crippen LogP contribution >= 0.6 is 15.9 Å². The first-order valence-corrected chi connectivity index (χ1v) is 6.64. The number of hydrogen-bond acceptors (Lipinski definition) is 3. The predicted molar refractivity (Wildman–Crippen MR) is 70.8 cm³/mol. The molecule has 1 unspecified atom stereocenters. The summed E-state index contributed by atoms with van der Waals surface area (Å²) in [6.45, 7) is 4.27. The molecule has 3 nitrogen and oxygen atoms in total. The Morgan fingerprint density at radius 3 is 3.19 bits per heavy atom. The summed E-state index contributed by atoms with van der Waals surface area (Å²) in [6.07, 6.45) is 5.65. The summed E-state index contributed by atoms with van der Waals surface area (Å²) in [4.78, 5) is 4.42. The molecule has 0 amide bonds. The van der Waals surface area contributed by atoms with Crippen LogP contribution in [-0.2, 0) is 0 Å². The van der Waals surface area contributed by atoms with Crippen LogP contribution in [0.5, 0.6) is 0 Å². The molecule has 0 saturated carbocycles. The van der Waals surface area contributed by atoms with E-state index < -0.39 is 0 Å². The fourth-order valence-electron chi connectivity index (χ4n) is 2.03. The maximum atomic E-state index is 4.42. The fraction of sp³-hybridized carbons (Fsp3) is 0.583. The number of anilines is 1. The van der Waals surface area contributed by atoms with Crippen LogP contribution in [-0.4, -0.2) is 24.1 Å². The third-order valence-corrected chi connectivity index (χ3v) is 3.37. The van der Waals surface area contributed by atoms with E-state index in [2.05, 4.69) is 44.5 Å². The lowest BCUT2D eigenvalue weighted by Crippen LogP contribution is -2.31. The van der Waals surface area contributed by atoms with Gasteiger partial charge in [0, 0.05) is 23.3 Å². The number of nitrogens with one attached hydrogen (secondary N) is 2. The van der Waals surface area contributed by atoms with Crippen molar-refractivity contribution in [3.63, 3.8) is 0 Å². The number of aromatic nitrogens is 1. The highest BCUT2D eigenvalue weighted by atomic mass is 79.9. The van der Waals surface area contributed by atoms with Crippen molar-refractivity contribution in [3.8, 4) is 0 Å². The normalized spacial score (nSPS) is 21.5. The first kappa shape index (κ1) is 11.9. The maximum absolute atomic E-state index is 4.42. The largest absolute Gasteiger partial charge is 0.366 e. The quantitative estimate of drug-likeness (QED) is 0.876. The molecular weight excluding hydrogens is 266 g/mol. The van der Waals surface area contributed by atoms with Crippen molar-refractivity contribution in [2.45, 2.75) is 32.2 Å². The summed E-state index contributed by atoms with van der Waals surface area (Å²) in [5, 5.41) is 6.97. The average molecular weight is 284 g/mol. The van der Waals surface area contributed by atoms with Gasteiger partial charge in [0.15, 0.2) is 0 Å². The molecule has 4 heteroatoms. The van der Waals surface area contributed by atoms with Gasteiger partial charge in [-0.1, -0.05) is 6.42 Å². The number of hydrogen-bond donors (Lipinski definition) is 2. The Balaban J connectivity index is 2.01. The van der Waals surface area contributed by atoms with Crippen molar-refractivity contribution in [1.29, 1.82) is 0 Å². The Morgan fingerprint density at radius 2 is 2.38 bits per heavy atom. The van der Waals surface area contributed by atoms with Crippen LogP contribution in [0.2, 0.25) is 0 Å². The van der Waals surface area contributed by atoms with Gasteiger partial charge in [-0.3, -0.25) is 0 Å². The van der Waals surface area contributed by atoms with Crippen LogP contribution < -0.4 is 10.6 Å². The monoisotopic (exact) mass is 283 g/mol. The summed E-state index contributed by atoms with van der Waals surface area (Å²) < 4.78 is 1.04. The van der Waals surface area contributed by atoms with Crippen molar-refractivity contribution in [2.75, 3.05) is 18.4 Å². The van der Waals surface area contributed by atoms with Gasteiger partial charge in [-0.15, -0.1) is 0 Å². The molecule has 1 aromatic rings. The number of aryl methyl sites for hydroxylation is 1. The SMILES string of the molecule is Cc1cc(Br)cnc1NC1CCCCNC1. The summed E-state index contributed by atoms with van der Waals surface area (Å²) >= 11 is 3.43. The van der Waals surface area contributed by atoms with Crippen LogP contribution in [0.15, 0.2) is 16.7 Å². The van der Waals surface area contributed by atoms with Gasteiger partial charge in [0.1, 0.15) is 5.82 Å². The topological polar surface area (TPSA) is 37.0 Å². The molecule has 1 aliphatic rings. The van der Waals surface area contributed by atoms with Gasteiger partial charge in [0.2, 0.25) is 0 Å². The van der Waals surface area contributed by atoms with Crippen LogP contribution in [0.25, 0.3) is 0 Å². The van der Waals surface area contributed by atoms with Crippen LogP contribution in [0.3, 0.4) is 0 Å². The van der Waals surface area contributed by atoms with E-state index in [0.29, 0.717) is 6.04 Å². The van der Waals surface area contributed by atoms with Gasteiger partial charge in [-0.2, -0.15) is 0 Å². The van der Waals surface area contributed by atoms with Crippen molar-refractivity contribution in [1.82, 2.24) is 10.3 Å². The van der Waals surface area contributed by atoms with E-state index in [1.165, 1.54) is 24.8 Å². The van der Waals surface area contributed by atoms with Gasteiger partial charge in [0.25, 0.3) is 0 Å². The van der Waals surface area contributed by atoms with Crippen molar-refractivity contribution in [2.24, 2.45) is 0 Å². The molecule has 1 atom stereocenters. The molecular formula is C12H18BrN3. The van der Waals surface area contributed by atoms with Gasteiger partial charge in [0.05, 0.1) is 0 Å². The zero-order chi connectivity index (χ0) is 11.4. The van der Waals surface area contributed by atoms with E-state index >= 15 is 0 Å². The third kappa shape index (κ3) is 3.19. The molecule has 16 heavy (non-hydrogen) atoms. The highest BCUT2D eigenvalue weighted by molar-refractivity contribution is 9.10. The molecule has 2 N–H and O–H groups in total. The molecule has 0 radical (unpaired) electrons. The molecule has 1 aromatic heterocycles. The molecule has 2 heterocycles. The molecule has 0 spiro atoms. The second kappa shape index (κ2) is 5.64. The van der Waals surface area contributed by atoms with Crippen molar-refractivity contribution >= 4 is 21.7 Å². The zero-order valence-electron chi connectivity index (χ0n) is 9.59. The number of pyridine rings is 1. The Morgan fingerprint density at radius 1 is 1.50 bits per heavy atom. The van der Waals surface area contributed by atoms with E-state index in [-0.39, 0.29) is 0 Å². The molecule has 1 aliphatic heterocycles. The Labute approximate surface area is 105 Å². The maximum Gasteiger partial charge on any atom is 0.129 e. The molecule has 1 saturated heterocycles. The van der Waals surface area contributed by atoms with E-state index in [1.807, 2.05) is 6.20 Å². The number of nitrogens with zero attached hydrogens (tertiary/aromatic N) is 1. The van der Waals surface area contributed by atoms with Gasteiger partial charge < -0.3 is 10.6 Å². The minimum atomic E-state index is 0.509. The summed E-state index contributed by atoms with van der Waals surface area (Å²) in [5.41, 5.74) is 1.19. The van der Waals surface area contributed by atoms with E-state index in [9.17, 15) is 0 Å². The lowest BCUT2D eigenvalue weighted by molar-refractivity contribution is 0.633. The second-order valence-corrected chi connectivity index (χ2v) is 5.28. The molecule has 2 rings (SSSR count). The van der Waals surface area contributed by atoms with Gasteiger partial charge in [-0.05, 0) is 53.9 Å². The number of rotatable bonds is 2. The molecule has 0 aliphatic carbocycles. The summed E-state index contributed by atoms with van der Waals surface area (Å²) in [5.74, 6) is 1.01. The predicted octanol–water partition coefficient (Wildman–Crippen LogP) is 2.71. The highest BCUT2D eigenvalue weighted by Gasteiger charge is 2.12. The Hall–Kier alpha value is -0.610. The van der Waals surface area contributed by atoms with Crippen LogP contribution in [0.1, 0.15) is 24.8 Å². The van der Waals surface area contributed by atoms with E-state index in [1.54, 1.807) is 0 Å². The summed E-state index contributed by atoms with van der Waals surface area (Å²) in [7, 11) is 0. The van der Waals surface area contributed by atoms with Crippen molar-refractivity contribution in [3.05, 3.63) is 22.3 Å². The third-order valence-electron chi connectivity index (χ3n) is 2.93. The smallest absolute Gasteiger partial charge is 0.129 e. The molecule has 1 fully saturated rings. The standard InChI is InChI=1S/C12H18BrN3/c1-9-6-10(13)7-15-12(9)16-11-4-2-3-5-14-8-11/h6-7,11,14H,2-5,8H2,1H3,(H,15,16). The minimum absolute atomic E-state index is 0.509. The summed E-state index contributed by atoms with van der Waals surface area (Å²) in [6, 6.07) is 2.61. The lowest BCUT2D eigenvalue weighted by atomic mass is 10.1. The Kier molecular flexibility index (Phi) is 4.18. The molecule has 88 valence electrons. The first-order chi connectivity index (χ1) is 7.75. The highest BCUT2D eigenvalue weighted by Crippen LogP contribution is 2.18. The average Bonchev–Trinajstić information content (AvgIpc) is 2.51. The Bertz CT molecular complexity index is 346. The fourth-order valence-corrected chi connectivity index (χ4v) is 2.47. The van der Waals surface area contributed by atoms with E-state index in [4.69, 9.17) is 0 Å². The van der Waals surface area contributed by atoms with Gasteiger partial charge in [-0.25, -0.2) is 4.98 Å². The second-order valence-electron chi connectivity index (χ2n) is 4.36. The minimum Gasteiger partial charge on any atom is -0.366 e. The molecule has 0 aromatic carbocycles. The lowest BCUT2D eigenvalue weighted by Gasteiger charge is -2.18. The van der Waals surface area contributed by atoms with Crippen LogP contribution in [0, 0.1) is 6.92 Å². The molecule has 0 bridgehead atoms. The first-order valence-electron chi connectivity index (χ1n) is 5.85. The van der Waals surface area contributed by atoms with E-state index in [0.717, 1.165) is 23.4 Å². The van der Waals surface area contributed by atoms with Gasteiger partial charge >= 0.3 is 0 Å². The number of halogens is 1. The van der Waals surface area contributed by atoms with Crippen molar-refractivity contribution < 1.29 is 0 Å². The zero-order valence-corrected chi connectivity index (χ0v) is 11.2.